The number of benzene rings is 1. The van der Waals surface area contributed by atoms with Crippen molar-refractivity contribution in [1.82, 2.24) is 0 Å². The summed E-state index contributed by atoms with van der Waals surface area (Å²) in [6, 6.07) is 7.76. The minimum Gasteiger partial charge on any atom is -0.321 e. The van der Waals surface area contributed by atoms with Gasteiger partial charge in [0.1, 0.15) is 0 Å². The number of anilines is 1. The monoisotopic (exact) mass is 173 g/mol. The zero-order valence-corrected chi connectivity index (χ0v) is 7.50. The third kappa shape index (κ3) is 1.24. The lowest BCUT2D eigenvalue weighted by Crippen LogP contribution is -2.03. The zero-order chi connectivity index (χ0) is 9.26. The molecule has 0 fully saturated rings. The molecule has 2 heteroatoms. The van der Waals surface area contributed by atoms with Crippen LogP contribution in [0.2, 0.25) is 0 Å². The molecule has 1 N–H and O–H groups in total. The third-order valence-electron chi connectivity index (χ3n) is 2.12. The molecule has 0 radical (unpaired) electrons. The Kier molecular flexibility index (Phi) is 1.89. The highest BCUT2D eigenvalue weighted by Crippen LogP contribution is 2.31. The highest BCUT2D eigenvalue weighted by atomic mass is 16.1. The topological polar surface area (TPSA) is 29.1 Å². The number of allylic oxidation sites excluding steroid dienone is 1. The molecule has 2 nitrogen and oxygen atoms in total. The van der Waals surface area contributed by atoms with Gasteiger partial charge in [0.2, 0.25) is 0 Å². The molecule has 1 aromatic rings. The summed E-state index contributed by atoms with van der Waals surface area (Å²) in [4.78, 5) is 11.4. The molecule has 0 saturated heterocycles. The molecule has 2 rings (SSSR count). The maximum atomic E-state index is 11.4. The van der Waals surface area contributed by atoms with Crippen molar-refractivity contribution in [3.05, 3.63) is 35.9 Å². The molecule has 0 aliphatic carbocycles. The highest BCUT2D eigenvalue weighted by Gasteiger charge is 2.22. The van der Waals surface area contributed by atoms with E-state index in [-0.39, 0.29) is 5.91 Å². The van der Waals surface area contributed by atoms with E-state index in [4.69, 9.17) is 0 Å². The average molecular weight is 173 g/mol. The van der Waals surface area contributed by atoms with Crippen LogP contribution in [0, 0.1) is 0 Å². The van der Waals surface area contributed by atoms with Crippen molar-refractivity contribution in [3.8, 4) is 0 Å². The molecule has 13 heavy (non-hydrogen) atoms. The number of rotatable bonds is 1. The first-order valence-electron chi connectivity index (χ1n) is 4.44. The van der Waals surface area contributed by atoms with E-state index in [2.05, 4.69) is 5.32 Å². The van der Waals surface area contributed by atoms with Gasteiger partial charge in [0.05, 0.1) is 0 Å². The van der Waals surface area contributed by atoms with E-state index in [0.29, 0.717) is 0 Å². The maximum absolute atomic E-state index is 11.4. The molecule has 1 aliphatic heterocycles. The lowest BCUT2D eigenvalue weighted by Gasteiger charge is -1.94. The summed E-state index contributed by atoms with van der Waals surface area (Å²) in [7, 11) is 0. The number of carbonyl (C=O) groups is 1. The van der Waals surface area contributed by atoms with Gasteiger partial charge in [-0.05, 0) is 12.5 Å². The molecule has 0 saturated carbocycles. The van der Waals surface area contributed by atoms with Crippen molar-refractivity contribution >= 4 is 17.2 Å². The summed E-state index contributed by atoms with van der Waals surface area (Å²) in [6.45, 7) is 2.03. The minimum absolute atomic E-state index is 0.0167. The van der Waals surface area contributed by atoms with Gasteiger partial charge >= 0.3 is 0 Å². The van der Waals surface area contributed by atoms with E-state index in [1.54, 1.807) is 0 Å². The fourth-order valence-electron chi connectivity index (χ4n) is 1.55. The predicted molar refractivity (Wildman–Crippen MR) is 53.3 cm³/mol. The van der Waals surface area contributed by atoms with Crippen LogP contribution in [-0.2, 0) is 4.79 Å². The molecular weight excluding hydrogens is 162 g/mol. The van der Waals surface area contributed by atoms with Crippen LogP contribution in [0.4, 0.5) is 5.69 Å². The van der Waals surface area contributed by atoms with Crippen LogP contribution in [0.1, 0.15) is 18.9 Å². The standard InChI is InChI=1S/C11H11NO/c1-2-5-9-8-6-3-4-7-10(8)12-11(9)13/h3-7H,2H2,1H3,(H,12,13)/b9-5+. The van der Waals surface area contributed by atoms with E-state index in [1.807, 2.05) is 37.3 Å². The molecule has 66 valence electrons. The van der Waals surface area contributed by atoms with Gasteiger partial charge < -0.3 is 5.32 Å². The van der Waals surface area contributed by atoms with Crippen LogP contribution >= 0.6 is 0 Å². The van der Waals surface area contributed by atoms with Crippen molar-refractivity contribution in [1.29, 1.82) is 0 Å². The second-order valence-corrected chi connectivity index (χ2v) is 3.03. The summed E-state index contributed by atoms with van der Waals surface area (Å²) in [5.41, 5.74) is 2.75. The second kappa shape index (κ2) is 3.05. The first kappa shape index (κ1) is 8.05. The van der Waals surface area contributed by atoms with E-state index >= 15 is 0 Å². The van der Waals surface area contributed by atoms with Crippen LogP contribution < -0.4 is 5.32 Å². The number of hydrogen-bond acceptors (Lipinski definition) is 1. The van der Waals surface area contributed by atoms with Gasteiger partial charge in [-0.1, -0.05) is 31.2 Å². The molecule has 0 aromatic heterocycles. The van der Waals surface area contributed by atoms with Crippen LogP contribution in [0.15, 0.2) is 30.3 Å². The van der Waals surface area contributed by atoms with E-state index < -0.39 is 0 Å². The average Bonchev–Trinajstić information content (AvgIpc) is 2.44. The normalized spacial score (nSPS) is 17.3. The van der Waals surface area contributed by atoms with Gasteiger partial charge in [-0.3, -0.25) is 4.79 Å². The summed E-state index contributed by atoms with van der Waals surface area (Å²) >= 11 is 0. The lowest BCUT2D eigenvalue weighted by molar-refractivity contribution is -0.110. The molecule has 0 bridgehead atoms. The Bertz CT molecular complexity index is 379. The first-order valence-corrected chi connectivity index (χ1v) is 4.44. The van der Waals surface area contributed by atoms with Gasteiger partial charge in [0, 0.05) is 16.8 Å². The van der Waals surface area contributed by atoms with E-state index in [9.17, 15) is 4.79 Å². The van der Waals surface area contributed by atoms with Gasteiger partial charge in [-0.25, -0.2) is 0 Å². The minimum atomic E-state index is 0.0167. The molecule has 1 heterocycles. The summed E-state index contributed by atoms with van der Waals surface area (Å²) in [5, 5.41) is 2.83. The number of amides is 1. The summed E-state index contributed by atoms with van der Waals surface area (Å²) < 4.78 is 0. The molecule has 0 atom stereocenters. The smallest absolute Gasteiger partial charge is 0.256 e. The summed E-state index contributed by atoms with van der Waals surface area (Å²) in [6.07, 6.45) is 2.85. The van der Waals surface area contributed by atoms with Crippen LogP contribution in [0.25, 0.3) is 5.57 Å². The number of fused-ring (bicyclic) bond motifs is 1. The molecule has 0 spiro atoms. The van der Waals surface area contributed by atoms with E-state index in [1.165, 1.54) is 0 Å². The van der Waals surface area contributed by atoms with Crippen molar-refractivity contribution in [3.63, 3.8) is 0 Å². The molecule has 1 aromatic carbocycles. The Hall–Kier alpha value is -1.57. The van der Waals surface area contributed by atoms with Gasteiger partial charge in [-0.15, -0.1) is 0 Å². The number of nitrogens with one attached hydrogen (secondary N) is 1. The first-order chi connectivity index (χ1) is 6.33. The van der Waals surface area contributed by atoms with Gasteiger partial charge in [-0.2, -0.15) is 0 Å². The summed E-state index contributed by atoms with van der Waals surface area (Å²) in [5.74, 6) is 0.0167. The van der Waals surface area contributed by atoms with Crippen LogP contribution in [0.5, 0.6) is 0 Å². The molecule has 0 unspecified atom stereocenters. The predicted octanol–water partition coefficient (Wildman–Crippen LogP) is 2.43. The maximum Gasteiger partial charge on any atom is 0.256 e. The van der Waals surface area contributed by atoms with Gasteiger partial charge in [0.15, 0.2) is 0 Å². The Morgan fingerprint density at radius 2 is 2.15 bits per heavy atom. The van der Waals surface area contributed by atoms with Crippen LogP contribution in [0.3, 0.4) is 0 Å². The Labute approximate surface area is 77.3 Å². The number of carbonyl (C=O) groups excluding carboxylic acids is 1. The van der Waals surface area contributed by atoms with Crippen molar-refractivity contribution in [2.75, 3.05) is 5.32 Å². The van der Waals surface area contributed by atoms with E-state index in [0.717, 1.165) is 23.2 Å². The van der Waals surface area contributed by atoms with Crippen LogP contribution in [-0.4, -0.2) is 5.91 Å². The van der Waals surface area contributed by atoms with Gasteiger partial charge in [0.25, 0.3) is 5.91 Å². The second-order valence-electron chi connectivity index (χ2n) is 3.03. The molecule has 1 amide bonds. The highest BCUT2D eigenvalue weighted by molar-refractivity contribution is 6.31. The van der Waals surface area contributed by atoms with Crippen molar-refractivity contribution in [2.45, 2.75) is 13.3 Å². The Morgan fingerprint density at radius 1 is 1.38 bits per heavy atom. The third-order valence-corrected chi connectivity index (χ3v) is 2.12. The molecule has 1 aliphatic rings. The fourth-order valence-corrected chi connectivity index (χ4v) is 1.55. The zero-order valence-electron chi connectivity index (χ0n) is 7.50. The molecular formula is C11H11NO. The quantitative estimate of drug-likeness (QED) is 0.649. The Morgan fingerprint density at radius 3 is 2.92 bits per heavy atom. The fraction of sp³-hybridized carbons (Fsp3) is 0.182. The Balaban J connectivity index is 2.53. The SMILES string of the molecule is CC/C=C1/C(=O)Nc2ccccc21. The number of hydrogen-bond donors (Lipinski definition) is 1. The van der Waals surface area contributed by atoms with Crippen molar-refractivity contribution in [2.24, 2.45) is 0 Å². The lowest BCUT2D eigenvalue weighted by atomic mass is 10.1. The number of para-hydroxylation sites is 1. The largest absolute Gasteiger partial charge is 0.321 e. The van der Waals surface area contributed by atoms with Crippen molar-refractivity contribution < 1.29 is 4.79 Å².